The first-order chi connectivity index (χ1) is 6.11. The van der Waals surface area contributed by atoms with Gasteiger partial charge in [-0.05, 0) is 20.4 Å². The van der Waals surface area contributed by atoms with E-state index in [1.165, 1.54) is 0 Å². The van der Waals surface area contributed by atoms with Gasteiger partial charge in [-0.2, -0.15) is 0 Å². The Bertz CT molecular complexity index is 150. The van der Waals surface area contributed by atoms with Gasteiger partial charge in [-0.25, -0.2) is 5.84 Å². The largest absolute Gasteiger partial charge is 0.356 e. The van der Waals surface area contributed by atoms with E-state index in [1.807, 2.05) is 5.59 Å². The Morgan fingerprint density at radius 3 is 2.62 bits per heavy atom. The highest BCUT2D eigenvalue weighted by Gasteiger charge is 2.09. The Morgan fingerprint density at radius 2 is 2.23 bits per heavy atom. The molecule has 0 atom stereocenters. The molecule has 78 valence electrons. The first-order valence-electron chi connectivity index (χ1n) is 4.51. The van der Waals surface area contributed by atoms with Crippen molar-refractivity contribution in [2.45, 2.75) is 33.2 Å². The van der Waals surface area contributed by atoms with Gasteiger partial charge in [0.15, 0.2) is 0 Å². The van der Waals surface area contributed by atoms with Gasteiger partial charge in [0.25, 0.3) is 0 Å². The molecule has 0 saturated carbocycles. The lowest BCUT2D eigenvalue weighted by atomic mass is 10.3. The summed E-state index contributed by atoms with van der Waals surface area (Å²) in [4.78, 5) is 17.5. The summed E-state index contributed by atoms with van der Waals surface area (Å²) in [5, 5.41) is 0. The summed E-state index contributed by atoms with van der Waals surface area (Å²) in [6.45, 7) is 7.88. The van der Waals surface area contributed by atoms with Crippen molar-refractivity contribution in [2.75, 3.05) is 13.1 Å². The van der Waals surface area contributed by atoms with Crippen LogP contribution < -0.4 is 11.4 Å². The lowest BCUT2D eigenvalue weighted by Crippen LogP contribution is -2.34. The van der Waals surface area contributed by atoms with E-state index in [0.29, 0.717) is 19.0 Å². The number of nitrogens with two attached hydrogens (primary N) is 1. The molecule has 0 bridgehead atoms. The van der Waals surface area contributed by atoms with Gasteiger partial charge >= 0.3 is 5.97 Å². The molecule has 0 heterocycles. The third-order valence-corrected chi connectivity index (χ3v) is 1.91. The molecule has 0 amide bonds. The van der Waals surface area contributed by atoms with E-state index < -0.39 is 0 Å². The van der Waals surface area contributed by atoms with E-state index in [9.17, 15) is 4.79 Å². The second-order valence-electron chi connectivity index (χ2n) is 3.06. The summed E-state index contributed by atoms with van der Waals surface area (Å²) in [5.74, 6) is 4.49. The quantitative estimate of drug-likeness (QED) is 0.456. The van der Waals surface area contributed by atoms with Gasteiger partial charge in [-0.1, -0.05) is 12.5 Å². The van der Waals surface area contributed by atoms with E-state index in [-0.39, 0.29) is 5.97 Å². The topological polar surface area (TPSA) is 67.6 Å². The SMILES string of the molecule is CCN(CCC(=O)ONN)C(C)C. The number of carbonyl (C=O) groups is 1. The molecule has 0 saturated heterocycles. The Morgan fingerprint density at radius 1 is 1.62 bits per heavy atom. The minimum Gasteiger partial charge on any atom is -0.356 e. The van der Waals surface area contributed by atoms with Crippen molar-refractivity contribution in [2.24, 2.45) is 5.84 Å². The van der Waals surface area contributed by atoms with Crippen LogP contribution in [0.1, 0.15) is 27.2 Å². The monoisotopic (exact) mass is 189 g/mol. The second-order valence-corrected chi connectivity index (χ2v) is 3.06. The van der Waals surface area contributed by atoms with E-state index in [1.54, 1.807) is 0 Å². The molecule has 13 heavy (non-hydrogen) atoms. The van der Waals surface area contributed by atoms with Crippen LogP contribution in [0, 0.1) is 0 Å². The Labute approximate surface area is 79.1 Å². The highest BCUT2D eigenvalue weighted by Crippen LogP contribution is 1.99. The zero-order chi connectivity index (χ0) is 10.3. The first-order valence-corrected chi connectivity index (χ1v) is 4.51. The zero-order valence-electron chi connectivity index (χ0n) is 8.54. The molecule has 0 fully saturated rings. The number of hydrazine groups is 1. The summed E-state index contributed by atoms with van der Waals surface area (Å²) < 4.78 is 0. The van der Waals surface area contributed by atoms with Gasteiger partial charge in [0.1, 0.15) is 0 Å². The molecule has 0 aromatic heterocycles. The molecule has 0 unspecified atom stereocenters. The highest BCUT2D eigenvalue weighted by molar-refractivity contribution is 5.69. The standard InChI is InChI=1S/C8H19N3O2/c1-4-11(7(2)3)6-5-8(12)13-10-9/h7,10H,4-6,9H2,1-3H3. The molecular weight excluding hydrogens is 170 g/mol. The number of hydrogen-bond donors (Lipinski definition) is 2. The van der Waals surface area contributed by atoms with Crippen LogP contribution in [0.2, 0.25) is 0 Å². The van der Waals surface area contributed by atoms with Crippen molar-refractivity contribution < 1.29 is 9.63 Å². The van der Waals surface area contributed by atoms with Gasteiger partial charge in [0.2, 0.25) is 0 Å². The fraction of sp³-hybridized carbons (Fsp3) is 0.875. The van der Waals surface area contributed by atoms with Crippen LogP contribution in [-0.2, 0) is 9.63 Å². The predicted molar refractivity (Wildman–Crippen MR) is 50.4 cm³/mol. The molecular formula is C8H19N3O2. The minimum atomic E-state index is -0.332. The molecule has 0 aliphatic rings. The Balaban J connectivity index is 3.65. The van der Waals surface area contributed by atoms with Crippen LogP contribution in [-0.4, -0.2) is 30.0 Å². The average Bonchev–Trinajstić information content (AvgIpc) is 2.05. The Hall–Kier alpha value is -0.650. The maximum atomic E-state index is 10.9. The molecule has 0 rings (SSSR count). The van der Waals surface area contributed by atoms with E-state index in [2.05, 4.69) is 30.5 Å². The van der Waals surface area contributed by atoms with Gasteiger partial charge in [0, 0.05) is 12.6 Å². The van der Waals surface area contributed by atoms with Crippen molar-refractivity contribution in [3.8, 4) is 0 Å². The second kappa shape index (κ2) is 6.82. The summed E-state index contributed by atoms with van der Waals surface area (Å²) in [6.07, 6.45) is 0.357. The van der Waals surface area contributed by atoms with Crippen molar-refractivity contribution in [1.82, 2.24) is 10.5 Å². The fourth-order valence-corrected chi connectivity index (χ4v) is 1.13. The number of hydrogen-bond acceptors (Lipinski definition) is 5. The zero-order valence-corrected chi connectivity index (χ0v) is 8.54. The van der Waals surface area contributed by atoms with Crippen LogP contribution >= 0.6 is 0 Å². The lowest BCUT2D eigenvalue weighted by molar-refractivity contribution is -0.151. The van der Waals surface area contributed by atoms with Crippen LogP contribution in [0.3, 0.4) is 0 Å². The first kappa shape index (κ1) is 12.3. The molecule has 0 spiro atoms. The maximum Gasteiger partial charge on any atom is 0.327 e. The van der Waals surface area contributed by atoms with Crippen molar-refractivity contribution in [1.29, 1.82) is 0 Å². The predicted octanol–water partition coefficient (Wildman–Crippen LogP) is 0.0283. The highest BCUT2D eigenvalue weighted by atomic mass is 16.7. The minimum absolute atomic E-state index is 0.332. The molecule has 0 aliphatic heterocycles. The normalized spacial score (nSPS) is 10.9. The van der Waals surface area contributed by atoms with Crippen LogP contribution in [0.25, 0.3) is 0 Å². The van der Waals surface area contributed by atoms with Crippen LogP contribution in [0.5, 0.6) is 0 Å². The van der Waals surface area contributed by atoms with Crippen molar-refractivity contribution in [3.63, 3.8) is 0 Å². The number of nitrogens with one attached hydrogen (secondary N) is 1. The molecule has 0 radical (unpaired) electrons. The fourth-order valence-electron chi connectivity index (χ4n) is 1.13. The van der Waals surface area contributed by atoms with Gasteiger partial charge in [0.05, 0.1) is 6.42 Å². The van der Waals surface area contributed by atoms with Crippen molar-refractivity contribution >= 4 is 5.97 Å². The summed E-state index contributed by atoms with van der Waals surface area (Å²) in [6, 6.07) is 0.448. The summed E-state index contributed by atoms with van der Waals surface area (Å²) >= 11 is 0. The molecule has 5 heteroatoms. The van der Waals surface area contributed by atoms with E-state index in [4.69, 9.17) is 5.84 Å². The number of carbonyl (C=O) groups excluding carboxylic acids is 1. The van der Waals surface area contributed by atoms with E-state index >= 15 is 0 Å². The third-order valence-electron chi connectivity index (χ3n) is 1.91. The molecule has 5 nitrogen and oxygen atoms in total. The summed E-state index contributed by atoms with van der Waals surface area (Å²) in [5.41, 5.74) is 1.87. The molecule has 3 N–H and O–H groups in total. The van der Waals surface area contributed by atoms with Gasteiger partial charge in [-0.3, -0.25) is 4.79 Å². The van der Waals surface area contributed by atoms with E-state index in [0.717, 1.165) is 6.54 Å². The maximum absolute atomic E-state index is 10.9. The molecule has 0 aromatic rings. The smallest absolute Gasteiger partial charge is 0.327 e. The van der Waals surface area contributed by atoms with Crippen LogP contribution in [0.4, 0.5) is 0 Å². The number of rotatable bonds is 6. The van der Waals surface area contributed by atoms with Crippen molar-refractivity contribution in [3.05, 3.63) is 0 Å². The van der Waals surface area contributed by atoms with Gasteiger partial charge in [-0.15, -0.1) is 0 Å². The lowest BCUT2D eigenvalue weighted by Gasteiger charge is -2.23. The number of nitrogens with zero attached hydrogens (tertiary/aromatic N) is 1. The van der Waals surface area contributed by atoms with Gasteiger partial charge < -0.3 is 9.74 Å². The summed E-state index contributed by atoms with van der Waals surface area (Å²) in [7, 11) is 0. The third kappa shape index (κ3) is 5.57. The van der Waals surface area contributed by atoms with Crippen LogP contribution in [0.15, 0.2) is 0 Å². The average molecular weight is 189 g/mol. The molecule has 0 aliphatic carbocycles. The Kier molecular flexibility index (Phi) is 6.48. The molecule has 0 aromatic carbocycles.